The normalized spacial score (nSPS) is 10.7. The number of para-hydroxylation sites is 1. The Morgan fingerprint density at radius 3 is 2.38 bits per heavy atom. The van der Waals surface area contributed by atoms with Gasteiger partial charge in [-0.3, -0.25) is 9.59 Å². The smallest absolute Gasteiger partial charge is 0.293 e. The highest BCUT2D eigenvalue weighted by molar-refractivity contribution is 6.16. The number of rotatable bonds is 4. The van der Waals surface area contributed by atoms with Gasteiger partial charge in [0.05, 0.1) is 0 Å². The van der Waals surface area contributed by atoms with Crippen molar-refractivity contribution in [2.24, 2.45) is 0 Å². The molecule has 4 rings (SSSR count). The summed E-state index contributed by atoms with van der Waals surface area (Å²) in [6, 6.07) is 19.6. The minimum atomic E-state index is -0.549. The van der Waals surface area contributed by atoms with E-state index in [9.17, 15) is 14.0 Å². The molecule has 0 bridgehead atoms. The predicted molar refractivity (Wildman–Crippen MR) is 110 cm³/mol. The summed E-state index contributed by atoms with van der Waals surface area (Å²) in [5.74, 6) is -1.34. The van der Waals surface area contributed by atoms with Crippen LogP contribution in [0.15, 0.2) is 77.2 Å². The Hall–Kier alpha value is -3.93. The summed E-state index contributed by atoms with van der Waals surface area (Å²) in [5, 5.41) is 6.07. The Kier molecular flexibility index (Phi) is 4.83. The predicted octanol–water partition coefficient (Wildman–Crippen LogP) is 5.38. The molecule has 0 aliphatic heterocycles. The van der Waals surface area contributed by atoms with Crippen molar-refractivity contribution in [2.45, 2.75) is 6.92 Å². The first-order chi connectivity index (χ1) is 14.0. The molecule has 0 aliphatic rings. The second kappa shape index (κ2) is 7.59. The summed E-state index contributed by atoms with van der Waals surface area (Å²) in [6.45, 7) is 1.89. The standard InChI is InChI=1S/C23H17FN2O3/c1-14-5-4-6-15(13-14)22(27)26-20-18-7-2-3-8-19(18)29-21(20)23(28)25-17-11-9-16(24)10-12-17/h2-13H,1H3,(H,25,28)(H,26,27). The van der Waals surface area contributed by atoms with Gasteiger partial charge in [-0.25, -0.2) is 4.39 Å². The number of hydrogen-bond donors (Lipinski definition) is 2. The number of nitrogens with one attached hydrogen (secondary N) is 2. The van der Waals surface area contributed by atoms with Crippen LogP contribution in [0.2, 0.25) is 0 Å². The third kappa shape index (κ3) is 3.87. The Bertz CT molecular complexity index is 1210. The molecule has 1 aromatic heterocycles. The van der Waals surface area contributed by atoms with Gasteiger partial charge in [0.25, 0.3) is 11.8 Å². The van der Waals surface area contributed by atoms with Crippen LogP contribution in [0.1, 0.15) is 26.5 Å². The SMILES string of the molecule is Cc1cccc(C(=O)Nc2c(C(=O)Nc3ccc(F)cc3)oc3ccccc23)c1. The second-order valence-electron chi connectivity index (χ2n) is 6.59. The van der Waals surface area contributed by atoms with Gasteiger partial charge in [-0.15, -0.1) is 0 Å². The fraction of sp³-hybridized carbons (Fsp3) is 0.0435. The van der Waals surface area contributed by atoms with E-state index in [2.05, 4.69) is 10.6 Å². The largest absolute Gasteiger partial charge is 0.449 e. The lowest BCUT2D eigenvalue weighted by Gasteiger charge is -2.08. The van der Waals surface area contributed by atoms with Crippen LogP contribution in [0.25, 0.3) is 11.0 Å². The summed E-state index contributed by atoms with van der Waals surface area (Å²) in [6.07, 6.45) is 0. The van der Waals surface area contributed by atoms with Gasteiger partial charge in [-0.1, -0.05) is 29.8 Å². The zero-order chi connectivity index (χ0) is 20.4. The van der Waals surface area contributed by atoms with Gasteiger partial charge in [0.1, 0.15) is 17.1 Å². The number of halogens is 1. The van der Waals surface area contributed by atoms with Gasteiger partial charge in [0.15, 0.2) is 0 Å². The molecule has 144 valence electrons. The number of carbonyl (C=O) groups excluding carboxylic acids is 2. The molecule has 2 N–H and O–H groups in total. The van der Waals surface area contributed by atoms with Gasteiger partial charge in [0, 0.05) is 16.6 Å². The Labute approximate surface area is 166 Å². The first-order valence-corrected chi connectivity index (χ1v) is 8.98. The van der Waals surface area contributed by atoms with Gasteiger partial charge in [-0.2, -0.15) is 0 Å². The van der Waals surface area contributed by atoms with Crippen LogP contribution in [0, 0.1) is 12.7 Å². The summed E-state index contributed by atoms with van der Waals surface area (Å²) >= 11 is 0. The fourth-order valence-corrected chi connectivity index (χ4v) is 3.02. The van der Waals surface area contributed by atoms with E-state index in [4.69, 9.17) is 4.42 Å². The number of carbonyl (C=O) groups is 2. The molecule has 0 saturated heterocycles. The number of aryl methyl sites for hydroxylation is 1. The monoisotopic (exact) mass is 388 g/mol. The highest BCUT2D eigenvalue weighted by Gasteiger charge is 2.23. The summed E-state index contributed by atoms with van der Waals surface area (Å²) in [5.41, 5.74) is 2.58. The van der Waals surface area contributed by atoms with Crippen LogP contribution >= 0.6 is 0 Å². The first-order valence-electron chi connectivity index (χ1n) is 8.98. The van der Waals surface area contributed by atoms with Crippen LogP contribution in [0.5, 0.6) is 0 Å². The van der Waals surface area contributed by atoms with E-state index in [-0.39, 0.29) is 17.4 Å². The highest BCUT2D eigenvalue weighted by Crippen LogP contribution is 2.32. The number of benzene rings is 3. The van der Waals surface area contributed by atoms with Crippen molar-refractivity contribution in [1.29, 1.82) is 0 Å². The molecule has 2 amide bonds. The topological polar surface area (TPSA) is 71.3 Å². The molecule has 0 aliphatic carbocycles. The number of fused-ring (bicyclic) bond motifs is 1. The number of anilines is 2. The zero-order valence-corrected chi connectivity index (χ0v) is 15.5. The minimum absolute atomic E-state index is 0.0310. The van der Waals surface area contributed by atoms with Crippen molar-refractivity contribution >= 4 is 34.2 Å². The molecule has 0 atom stereocenters. The molecule has 0 spiro atoms. The lowest BCUT2D eigenvalue weighted by Crippen LogP contribution is -2.17. The lowest BCUT2D eigenvalue weighted by atomic mass is 10.1. The van der Waals surface area contributed by atoms with Gasteiger partial charge in [0.2, 0.25) is 5.76 Å². The molecule has 4 aromatic rings. The minimum Gasteiger partial charge on any atom is -0.449 e. The molecule has 0 unspecified atom stereocenters. The maximum absolute atomic E-state index is 13.1. The van der Waals surface area contributed by atoms with E-state index in [1.807, 2.05) is 13.0 Å². The number of amides is 2. The van der Waals surface area contributed by atoms with Crippen molar-refractivity contribution in [3.05, 3.63) is 95.5 Å². The maximum Gasteiger partial charge on any atom is 0.293 e. The molecule has 1 heterocycles. The van der Waals surface area contributed by atoms with Crippen molar-refractivity contribution in [1.82, 2.24) is 0 Å². The van der Waals surface area contributed by atoms with E-state index in [1.165, 1.54) is 24.3 Å². The van der Waals surface area contributed by atoms with Gasteiger partial charge in [-0.05, 0) is 55.5 Å². The third-order valence-electron chi connectivity index (χ3n) is 4.42. The van der Waals surface area contributed by atoms with Crippen molar-refractivity contribution in [3.63, 3.8) is 0 Å². The van der Waals surface area contributed by atoms with Crippen molar-refractivity contribution in [2.75, 3.05) is 10.6 Å². The van der Waals surface area contributed by atoms with E-state index < -0.39 is 11.7 Å². The average molecular weight is 388 g/mol. The second-order valence-corrected chi connectivity index (χ2v) is 6.59. The number of hydrogen-bond acceptors (Lipinski definition) is 3. The molecule has 0 radical (unpaired) electrons. The van der Waals surface area contributed by atoms with Crippen molar-refractivity contribution < 1.29 is 18.4 Å². The Morgan fingerprint density at radius 2 is 1.62 bits per heavy atom. The molecule has 3 aromatic carbocycles. The molecule has 0 saturated carbocycles. The van der Waals surface area contributed by atoms with Crippen LogP contribution in [-0.4, -0.2) is 11.8 Å². The molecule has 29 heavy (non-hydrogen) atoms. The molecular weight excluding hydrogens is 371 g/mol. The molecule has 6 heteroatoms. The Balaban J connectivity index is 1.69. The van der Waals surface area contributed by atoms with Gasteiger partial charge < -0.3 is 15.1 Å². The Morgan fingerprint density at radius 1 is 0.862 bits per heavy atom. The summed E-state index contributed by atoms with van der Waals surface area (Å²) in [7, 11) is 0. The summed E-state index contributed by atoms with van der Waals surface area (Å²) < 4.78 is 18.8. The molecular formula is C23H17FN2O3. The van der Waals surface area contributed by atoms with Crippen LogP contribution < -0.4 is 10.6 Å². The third-order valence-corrected chi connectivity index (χ3v) is 4.42. The van der Waals surface area contributed by atoms with Crippen LogP contribution in [0.3, 0.4) is 0 Å². The summed E-state index contributed by atoms with van der Waals surface area (Å²) in [4.78, 5) is 25.6. The van der Waals surface area contributed by atoms with E-state index in [1.54, 1.807) is 42.5 Å². The van der Waals surface area contributed by atoms with Crippen LogP contribution in [0.4, 0.5) is 15.8 Å². The van der Waals surface area contributed by atoms with E-state index >= 15 is 0 Å². The van der Waals surface area contributed by atoms with Gasteiger partial charge >= 0.3 is 0 Å². The highest BCUT2D eigenvalue weighted by atomic mass is 19.1. The fourth-order valence-electron chi connectivity index (χ4n) is 3.02. The molecule has 5 nitrogen and oxygen atoms in total. The van der Waals surface area contributed by atoms with Crippen LogP contribution in [-0.2, 0) is 0 Å². The van der Waals surface area contributed by atoms with E-state index in [0.29, 0.717) is 22.2 Å². The maximum atomic E-state index is 13.1. The quantitative estimate of drug-likeness (QED) is 0.493. The molecule has 0 fully saturated rings. The zero-order valence-electron chi connectivity index (χ0n) is 15.5. The van der Waals surface area contributed by atoms with E-state index in [0.717, 1.165) is 5.56 Å². The lowest BCUT2D eigenvalue weighted by molar-refractivity contribution is 0.0999. The average Bonchev–Trinajstić information content (AvgIpc) is 3.08. The first kappa shape index (κ1) is 18.4. The van der Waals surface area contributed by atoms with Crippen molar-refractivity contribution in [3.8, 4) is 0 Å². The number of furan rings is 1.